The summed E-state index contributed by atoms with van der Waals surface area (Å²) >= 11 is 1.50. The number of hydrogen-bond acceptors (Lipinski definition) is 6. The summed E-state index contributed by atoms with van der Waals surface area (Å²) in [7, 11) is 1.36. The number of nitrogens with zero attached hydrogens (tertiary/aromatic N) is 1. The molecule has 1 aliphatic rings. The van der Waals surface area contributed by atoms with Gasteiger partial charge < -0.3 is 14.8 Å². The van der Waals surface area contributed by atoms with Crippen LogP contribution in [0.1, 0.15) is 28.3 Å². The fraction of sp³-hybridized carbons (Fsp3) is 0.217. The van der Waals surface area contributed by atoms with Crippen LogP contribution in [0.25, 0.3) is 0 Å². The van der Waals surface area contributed by atoms with E-state index in [1.807, 2.05) is 18.2 Å². The van der Waals surface area contributed by atoms with Crippen molar-refractivity contribution in [2.24, 2.45) is 0 Å². The predicted octanol–water partition coefficient (Wildman–Crippen LogP) is 5.14. The van der Waals surface area contributed by atoms with E-state index in [0.717, 1.165) is 27.5 Å². The molecule has 0 radical (unpaired) electrons. The van der Waals surface area contributed by atoms with E-state index in [1.54, 1.807) is 24.5 Å². The number of hydrogen-bond donors (Lipinski definition) is 1. The highest BCUT2D eigenvalue weighted by atomic mass is 32.2. The fourth-order valence-corrected chi connectivity index (χ4v) is 4.33. The maximum absolute atomic E-state index is 13.4. The van der Waals surface area contributed by atoms with Crippen LogP contribution in [0.2, 0.25) is 0 Å². The van der Waals surface area contributed by atoms with E-state index < -0.39 is 5.97 Å². The molecular formula is C23H21FN2O3S. The Kier molecular flexibility index (Phi) is 6.18. The molecule has 5 nitrogen and oxygen atoms in total. The first-order valence-electron chi connectivity index (χ1n) is 9.60. The Balaban J connectivity index is 1.49. The summed E-state index contributed by atoms with van der Waals surface area (Å²) < 4.78 is 24.2. The molecule has 0 amide bonds. The molecule has 1 aromatic heterocycles. The maximum atomic E-state index is 13.4. The quantitative estimate of drug-likeness (QED) is 0.553. The third-order valence-electron chi connectivity index (χ3n) is 4.95. The number of pyridine rings is 1. The number of carbonyl (C=O) groups excluding carboxylic acids is 1. The zero-order valence-corrected chi connectivity index (χ0v) is 17.2. The van der Waals surface area contributed by atoms with Crippen LogP contribution in [0.5, 0.6) is 5.75 Å². The average molecular weight is 424 g/mol. The van der Waals surface area contributed by atoms with Gasteiger partial charge in [0.2, 0.25) is 0 Å². The van der Waals surface area contributed by atoms with Crippen LogP contribution in [0.15, 0.2) is 70.7 Å². The van der Waals surface area contributed by atoms with Crippen molar-refractivity contribution in [2.75, 3.05) is 25.6 Å². The summed E-state index contributed by atoms with van der Waals surface area (Å²) in [6, 6.07) is 14.3. The third-order valence-corrected chi connectivity index (χ3v) is 5.93. The molecule has 0 saturated heterocycles. The molecule has 0 fully saturated rings. The van der Waals surface area contributed by atoms with Crippen molar-refractivity contribution < 1.29 is 18.7 Å². The van der Waals surface area contributed by atoms with Crippen LogP contribution in [0.3, 0.4) is 0 Å². The molecule has 3 aromatic rings. The van der Waals surface area contributed by atoms with E-state index in [-0.39, 0.29) is 11.7 Å². The molecule has 1 atom stereocenters. The van der Waals surface area contributed by atoms with Crippen molar-refractivity contribution in [3.8, 4) is 5.75 Å². The monoisotopic (exact) mass is 424 g/mol. The molecule has 0 bridgehead atoms. The van der Waals surface area contributed by atoms with Crippen LogP contribution in [-0.4, -0.2) is 31.2 Å². The second-order valence-electron chi connectivity index (χ2n) is 6.89. The molecule has 1 N–H and O–H groups in total. The minimum absolute atomic E-state index is 0.229. The highest BCUT2D eigenvalue weighted by molar-refractivity contribution is 7.99. The first-order chi connectivity index (χ1) is 14.6. The SMILES string of the molecule is COC(=O)c1ccncc1NC[C@H]1CCOc2cc(Sc3cccc(F)c3)ccc21. The zero-order chi connectivity index (χ0) is 20.9. The summed E-state index contributed by atoms with van der Waals surface area (Å²) in [6.45, 7) is 1.26. The number of rotatable bonds is 6. The number of esters is 1. The molecule has 154 valence electrons. The molecule has 0 unspecified atom stereocenters. The maximum Gasteiger partial charge on any atom is 0.340 e. The molecule has 0 aliphatic carbocycles. The lowest BCUT2D eigenvalue weighted by Gasteiger charge is -2.27. The Morgan fingerprint density at radius 1 is 1.27 bits per heavy atom. The highest BCUT2D eigenvalue weighted by Crippen LogP contribution is 2.38. The number of aromatic nitrogens is 1. The molecule has 2 heterocycles. The summed E-state index contributed by atoms with van der Waals surface area (Å²) in [4.78, 5) is 17.9. The molecule has 7 heteroatoms. The second kappa shape index (κ2) is 9.17. The number of fused-ring (bicyclic) bond motifs is 1. The molecule has 1 aliphatic heterocycles. The molecule has 0 spiro atoms. The lowest BCUT2D eigenvalue weighted by atomic mass is 9.93. The van der Waals surface area contributed by atoms with E-state index in [0.29, 0.717) is 24.4 Å². The lowest BCUT2D eigenvalue weighted by Crippen LogP contribution is -2.21. The molecule has 0 saturated carbocycles. The highest BCUT2D eigenvalue weighted by Gasteiger charge is 2.23. The van der Waals surface area contributed by atoms with Gasteiger partial charge in [-0.25, -0.2) is 9.18 Å². The Morgan fingerprint density at radius 2 is 2.13 bits per heavy atom. The Bertz CT molecular complexity index is 1060. The Hall–Kier alpha value is -3.06. The van der Waals surface area contributed by atoms with Crippen molar-refractivity contribution in [1.82, 2.24) is 4.98 Å². The zero-order valence-electron chi connectivity index (χ0n) is 16.4. The lowest BCUT2D eigenvalue weighted by molar-refractivity contribution is 0.0601. The number of methoxy groups -OCH3 is 1. The number of anilines is 1. The van der Waals surface area contributed by atoms with E-state index in [1.165, 1.54) is 31.0 Å². The second-order valence-corrected chi connectivity index (χ2v) is 8.03. The number of nitrogens with one attached hydrogen (secondary N) is 1. The average Bonchev–Trinajstić information content (AvgIpc) is 2.77. The van der Waals surface area contributed by atoms with E-state index in [2.05, 4.69) is 16.4 Å². The van der Waals surface area contributed by atoms with Gasteiger partial charge in [0.25, 0.3) is 0 Å². The van der Waals surface area contributed by atoms with Crippen LogP contribution >= 0.6 is 11.8 Å². The number of benzene rings is 2. The number of carbonyl (C=O) groups is 1. The van der Waals surface area contributed by atoms with E-state index in [4.69, 9.17) is 9.47 Å². The minimum Gasteiger partial charge on any atom is -0.493 e. The van der Waals surface area contributed by atoms with Gasteiger partial charge in [-0.05, 0) is 48.4 Å². The Labute approximate surface area is 178 Å². The summed E-state index contributed by atoms with van der Waals surface area (Å²) in [5.41, 5.74) is 2.22. The van der Waals surface area contributed by atoms with Gasteiger partial charge in [0.1, 0.15) is 11.6 Å². The van der Waals surface area contributed by atoms with Crippen molar-refractivity contribution in [3.05, 3.63) is 77.9 Å². The number of halogens is 1. The van der Waals surface area contributed by atoms with Gasteiger partial charge in [0, 0.05) is 28.5 Å². The van der Waals surface area contributed by atoms with Gasteiger partial charge in [-0.3, -0.25) is 4.98 Å². The van der Waals surface area contributed by atoms with E-state index in [9.17, 15) is 9.18 Å². The normalized spacial score (nSPS) is 15.1. The third kappa shape index (κ3) is 4.57. The largest absolute Gasteiger partial charge is 0.493 e. The van der Waals surface area contributed by atoms with E-state index >= 15 is 0 Å². The van der Waals surface area contributed by atoms with Crippen LogP contribution in [0, 0.1) is 5.82 Å². The van der Waals surface area contributed by atoms with Gasteiger partial charge in [-0.15, -0.1) is 0 Å². The van der Waals surface area contributed by atoms with Gasteiger partial charge in [0.15, 0.2) is 0 Å². The van der Waals surface area contributed by atoms with Gasteiger partial charge in [0.05, 0.1) is 31.2 Å². The van der Waals surface area contributed by atoms with Crippen LogP contribution < -0.4 is 10.1 Å². The van der Waals surface area contributed by atoms with Gasteiger partial charge in [-0.2, -0.15) is 0 Å². The predicted molar refractivity (Wildman–Crippen MR) is 114 cm³/mol. The van der Waals surface area contributed by atoms with Crippen molar-refractivity contribution >= 4 is 23.4 Å². The molecule has 4 rings (SSSR count). The Morgan fingerprint density at radius 3 is 2.97 bits per heavy atom. The summed E-state index contributed by atoms with van der Waals surface area (Å²) in [5.74, 6) is 0.426. The first kappa shape index (κ1) is 20.2. The van der Waals surface area contributed by atoms with Crippen LogP contribution in [0.4, 0.5) is 10.1 Å². The molecule has 30 heavy (non-hydrogen) atoms. The van der Waals surface area contributed by atoms with Gasteiger partial charge in [-0.1, -0.05) is 23.9 Å². The first-order valence-corrected chi connectivity index (χ1v) is 10.4. The van der Waals surface area contributed by atoms with Crippen LogP contribution in [-0.2, 0) is 4.74 Å². The topological polar surface area (TPSA) is 60.5 Å². The smallest absolute Gasteiger partial charge is 0.340 e. The fourth-order valence-electron chi connectivity index (χ4n) is 3.44. The summed E-state index contributed by atoms with van der Waals surface area (Å²) in [5, 5.41) is 3.33. The molecule has 2 aromatic carbocycles. The minimum atomic E-state index is -0.397. The van der Waals surface area contributed by atoms with Crippen molar-refractivity contribution in [1.29, 1.82) is 0 Å². The standard InChI is InChI=1S/C23H21FN2O3S/c1-28-23(27)20-7-9-25-14-21(20)26-13-15-8-10-29-22-12-18(5-6-19(15)22)30-17-4-2-3-16(24)11-17/h2-7,9,11-12,14-15,26H,8,10,13H2,1H3/t15-/m1/s1. The van der Waals surface area contributed by atoms with Gasteiger partial charge >= 0.3 is 5.97 Å². The van der Waals surface area contributed by atoms with Crippen molar-refractivity contribution in [2.45, 2.75) is 22.1 Å². The summed E-state index contributed by atoms with van der Waals surface area (Å²) in [6.07, 6.45) is 4.06. The van der Waals surface area contributed by atoms with Crippen molar-refractivity contribution in [3.63, 3.8) is 0 Å². The molecular weight excluding hydrogens is 403 g/mol. The number of ether oxygens (including phenoxy) is 2.